The number of nitrogens with zero attached hydrogens (tertiary/aromatic N) is 1. The van der Waals surface area contributed by atoms with Crippen LogP contribution in [0.25, 0.3) is 0 Å². The van der Waals surface area contributed by atoms with E-state index in [4.69, 9.17) is 0 Å². The van der Waals surface area contributed by atoms with Gasteiger partial charge < -0.3 is 5.32 Å². The molecule has 0 saturated carbocycles. The molecule has 2 atom stereocenters. The second-order valence-electron chi connectivity index (χ2n) is 6.41. The summed E-state index contributed by atoms with van der Waals surface area (Å²) in [6.07, 6.45) is 5.95. The Morgan fingerprint density at radius 1 is 1.24 bits per heavy atom. The van der Waals surface area contributed by atoms with Gasteiger partial charge in [0.05, 0.1) is 0 Å². The van der Waals surface area contributed by atoms with Crippen LogP contribution >= 0.6 is 12.4 Å². The molecule has 118 valence electrons. The molecule has 2 nitrogen and oxygen atoms in total. The van der Waals surface area contributed by atoms with Gasteiger partial charge in [-0.05, 0) is 50.8 Å². The van der Waals surface area contributed by atoms with Crippen molar-refractivity contribution >= 4 is 12.4 Å². The summed E-state index contributed by atoms with van der Waals surface area (Å²) in [7, 11) is 2.15. The zero-order valence-electron chi connectivity index (χ0n) is 12.9. The summed E-state index contributed by atoms with van der Waals surface area (Å²) < 4.78 is 14.1. The Balaban J connectivity index is 0.00000161. The largest absolute Gasteiger partial charge is 0.311 e. The molecule has 2 saturated heterocycles. The summed E-state index contributed by atoms with van der Waals surface area (Å²) in [5, 5.41) is 3.67. The molecule has 2 bridgehead atoms. The number of aryl methyl sites for hydroxylation is 1. The van der Waals surface area contributed by atoms with E-state index < -0.39 is 0 Å². The lowest BCUT2D eigenvalue weighted by atomic mass is 9.97. The van der Waals surface area contributed by atoms with Gasteiger partial charge in [0, 0.05) is 30.2 Å². The molecule has 1 N–H and O–H groups in total. The van der Waals surface area contributed by atoms with Crippen LogP contribution in [0.4, 0.5) is 4.39 Å². The lowest BCUT2D eigenvalue weighted by Gasteiger charge is -2.36. The molecule has 2 aliphatic heterocycles. The number of halogens is 2. The van der Waals surface area contributed by atoms with Gasteiger partial charge in [0.2, 0.25) is 0 Å². The Morgan fingerprint density at radius 3 is 2.52 bits per heavy atom. The average Bonchev–Trinajstić information content (AvgIpc) is 2.79. The van der Waals surface area contributed by atoms with E-state index in [1.165, 1.54) is 25.7 Å². The second-order valence-corrected chi connectivity index (χ2v) is 6.41. The predicted molar refractivity (Wildman–Crippen MR) is 87.5 cm³/mol. The van der Waals surface area contributed by atoms with Crippen LogP contribution in [-0.4, -0.2) is 30.1 Å². The Hall–Kier alpha value is -0.640. The average molecular weight is 313 g/mol. The third kappa shape index (κ3) is 3.58. The normalized spacial score (nSPS) is 27.7. The maximum absolute atomic E-state index is 14.1. The van der Waals surface area contributed by atoms with Crippen molar-refractivity contribution in [3.05, 3.63) is 35.1 Å². The zero-order valence-corrected chi connectivity index (χ0v) is 13.8. The quantitative estimate of drug-likeness (QED) is 0.915. The van der Waals surface area contributed by atoms with E-state index in [1.807, 2.05) is 6.07 Å². The van der Waals surface area contributed by atoms with Crippen LogP contribution in [0.15, 0.2) is 18.2 Å². The molecule has 2 fully saturated rings. The molecule has 0 spiro atoms. The molecule has 4 heteroatoms. The van der Waals surface area contributed by atoms with Crippen LogP contribution in [0.2, 0.25) is 0 Å². The van der Waals surface area contributed by atoms with Gasteiger partial charge in [0.25, 0.3) is 0 Å². The highest BCUT2D eigenvalue weighted by molar-refractivity contribution is 5.85. The van der Waals surface area contributed by atoms with Gasteiger partial charge in [-0.1, -0.05) is 19.1 Å². The topological polar surface area (TPSA) is 15.3 Å². The fourth-order valence-corrected chi connectivity index (χ4v) is 3.88. The molecular weight excluding hydrogens is 287 g/mol. The van der Waals surface area contributed by atoms with Gasteiger partial charge in [-0.2, -0.15) is 0 Å². The summed E-state index contributed by atoms with van der Waals surface area (Å²) in [4.78, 5) is 2.36. The number of piperidine rings is 1. The van der Waals surface area contributed by atoms with E-state index in [0.717, 1.165) is 24.1 Å². The highest BCUT2D eigenvalue weighted by atomic mass is 35.5. The number of hydrogen-bond donors (Lipinski definition) is 1. The minimum Gasteiger partial charge on any atom is -0.311 e. The number of rotatable bonds is 4. The SMILES string of the molecule is CCc1cccc(F)c1CN(C)C1CC2CCC(C1)N2.Cl. The molecule has 1 aromatic rings. The number of hydrogen-bond acceptors (Lipinski definition) is 2. The molecule has 0 radical (unpaired) electrons. The van der Waals surface area contributed by atoms with Crippen LogP contribution in [0.1, 0.15) is 43.7 Å². The predicted octanol–water partition coefficient (Wildman–Crippen LogP) is 3.52. The molecule has 2 unspecified atom stereocenters. The minimum atomic E-state index is -0.0480. The van der Waals surface area contributed by atoms with E-state index >= 15 is 0 Å². The number of nitrogens with one attached hydrogen (secondary N) is 1. The van der Waals surface area contributed by atoms with Gasteiger partial charge in [0.1, 0.15) is 5.82 Å². The number of benzene rings is 1. The lowest BCUT2D eigenvalue weighted by Crippen LogP contribution is -2.46. The first-order valence-corrected chi connectivity index (χ1v) is 7.90. The van der Waals surface area contributed by atoms with E-state index in [2.05, 4.69) is 30.3 Å². The Labute approximate surface area is 133 Å². The maximum atomic E-state index is 14.1. The number of fused-ring (bicyclic) bond motifs is 2. The maximum Gasteiger partial charge on any atom is 0.127 e. The first-order valence-electron chi connectivity index (χ1n) is 7.90. The Kier molecular flexibility index (Phi) is 5.64. The van der Waals surface area contributed by atoms with Crippen molar-refractivity contribution in [1.29, 1.82) is 0 Å². The zero-order chi connectivity index (χ0) is 14.1. The minimum absolute atomic E-state index is 0. The van der Waals surface area contributed by atoms with Crippen molar-refractivity contribution < 1.29 is 4.39 Å². The fraction of sp³-hybridized carbons (Fsp3) is 0.647. The summed E-state index contributed by atoms with van der Waals surface area (Å²) in [6.45, 7) is 2.84. The molecule has 1 aromatic carbocycles. The monoisotopic (exact) mass is 312 g/mol. The first-order chi connectivity index (χ1) is 9.67. The summed E-state index contributed by atoms with van der Waals surface area (Å²) >= 11 is 0. The first kappa shape index (κ1) is 16.7. The highest BCUT2D eigenvalue weighted by Gasteiger charge is 2.35. The van der Waals surface area contributed by atoms with Gasteiger partial charge in [-0.25, -0.2) is 4.39 Å². The molecule has 0 aromatic heterocycles. The third-order valence-electron chi connectivity index (χ3n) is 5.08. The third-order valence-corrected chi connectivity index (χ3v) is 5.08. The Bertz CT molecular complexity index is 468. The van der Waals surface area contributed by atoms with Crippen molar-refractivity contribution in [3.63, 3.8) is 0 Å². The fourth-order valence-electron chi connectivity index (χ4n) is 3.88. The summed E-state index contributed by atoms with van der Waals surface area (Å²) in [5.41, 5.74) is 2.04. The van der Waals surface area contributed by atoms with Crippen molar-refractivity contribution in [2.45, 2.75) is 63.7 Å². The van der Waals surface area contributed by atoms with Crippen LogP contribution < -0.4 is 5.32 Å². The van der Waals surface area contributed by atoms with Crippen molar-refractivity contribution in [2.75, 3.05) is 7.05 Å². The van der Waals surface area contributed by atoms with Crippen molar-refractivity contribution in [3.8, 4) is 0 Å². The van der Waals surface area contributed by atoms with Crippen LogP contribution in [0.3, 0.4) is 0 Å². The molecule has 21 heavy (non-hydrogen) atoms. The van der Waals surface area contributed by atoms with Gasteiger partial charge in [-0.3, -0.25) is 4.90 Å². The van der Waals surface area contributed by atoms with E-state index in [1.54, 1.807) is 6.07 Å². The van der Waals surface area contributed by atoms with E-state index in [9.17, 15) is 4.39 Å². The van der Waals surface area contributed by atoms with Crippen LogP contribution in [0.5, 0.6) is 0 Å². The van der Waals surface area contributed by atoms with Gasteiger partial charge in [0.15, 0.2) is 0 Å². The molecular formula is C17H26ClFN2. The van der Waals surface area contributed by atoms with E-state index in [0.29, 0.717) is 18.1 Å². The van der Waals surface area contributed by atoms with Crippen molar-refractivity contribution in [1.82, 2.24) is 10.2 Å². The molecule has 0 amide bonds. The van der Waals surface area contributed by atoms with Crippen LogP contribution in [0, 0.1) is 5.82 Å². The standard InChI is InChI=1S/C17H25FN2.ClH/c1-3-12-5-4-6-17(18)16(12)11-20(2)15-9-13-7-8-14(10-15)19-13;/h4-6,13-15,19H,3,7-11H2,1-2H3;1H. The van der Waals surface area contributed by atoms with E-state index in [-0.39, 0.29) is 18.2 Å². The highest BCUT2D eigenvalue weighted by Crippen LogP contribution is 2.30. The molecule has 2 heterocycles. The second kappa shape index (κ2) is 7.08. The molecule has 0 aliphatic carbocycles. The molecule has 2 aliphatic rings. The Morgan fingerprint density at radius 2 is 1.90 bits per heavy atom. The van der Waals surface area contributed by atoms with Crippen LogP contribution in [-0.2, 0) is 13.0 Å². The van der Waals surface area contributed by atoms with Crippen molar-refractivity contribution in [2.24, 2.45) is 0 Å². The summed E-state index contributed by atoms with van der Waals surface area (Å²) in [5.74, 6) is -0.0480. The van der Waals surface area contributed by atoms with Gasteiger partial charge in [-0.15, -0.1) is 12.4 Å². The molecule has 3 rings (SSSR count). The smallest absolute Gasteiger partial charge is 0.127 e. The van der Waals surface area contributed by atoms with Gasteiger partial charge >= 0.3 is 0 Å². The lowest BCUT2D eigenvalue weighted by molar-refractivity contribution is 0.164. The summed E-state index contributed by atoms with van der Waals surface area (Å²) in [6, 6.07) is 7.44.